The summed E-state index contributed by atoms with van der Waals surface area (Å²) in [6.45, 7) is 6.92. The first-order chi connectivity index (χ1) is 4.81. The quantitative estimate of drug-likeness (QED) is 0.328. The molecule has 0 spiro atoms. The zero-order chi connectivity index (χ0) is 7.82. The third kappa shape index (κ3) is 4.77. The smallest absolute Gasteiger partial charge is 0.131 e. The lowest BCUT2D eigenvalue weighted by Gasteiger charge is -1.91. The van der Waals surface area contributed by atoms with E-state index < -0.39 is 0 Å². The molecule has 0 aromatic heterocycles. The van der Waals surface area contributed by atoms with Gasteiger partial charge in [0.1, 0.15) is 5.76 Å². The third-order valence-corrected chi connectivity index (χ3v) is 0.703. The Labute approximate surface area is 60.4 Å². The minimum Gasteiger partial charge on any atom is -0.496 e. The van der Waals surface area contributed by atoms with E-state index in [-0.39, 0.29) is 0 Å². The highest BCUT2D eigenvalue weighted by Crippen LogP contribution is 1.83. The van der Waals surface area contributed by atoms with Crippen molar-refractivity contribution >= 4 is 12.4 Å². The number of rotatable bonds is 4. The van der Waals surface area contributed by atoms with E-state index in [4.69, 9.17) is 0 Å². The van der Waals surface area contributed by atoms with Crippen LogP contribution in [-0.2, 0) is 4.74 Å². The highest BCUT2D eigenvalue weighted by Gasteiger charge is 1.78. The van der Waals surface area contributed by atoms with E-state index in [0.717, 1.165) is 0 Å². The van der Waals surface area contributed by atoms with E-state index in [0.29, 0.717) is 5.76 Å². The second-order valence-corrected chi connectivity index (χ2v) is 1.42. The molecule has 3 nitrogen and oxygen atoms in total. The van der Waals surface area contributed by atoms with Crippen LogP contribution in [-0.4, -0.2) is 19.5 Å². The molecule has 3 heteroatoms. The molecule has 0 saturated heterocycles. The van der Waals surface area contributed by atoms with E-state index in [1.807, 2.05) is 0 Å². The predicted octanol–water partition coefficient (Wildman–Crippen LogP) is 1.39. The molecule has 0 atom stereocenters. The van der Waals surface area contributed by atoms with Crippen LogP contribution in [0.3, 0.4) is 0 Å². The van der Waals surface area contributed by atoms with Gasteiger partial charge in [0, 0.05) is 6.21 Å². The van der Waals surface area contributed by atoms with Crippen LogP contribution in [0.1, 0.15) is 0 Å². The number of ether oxygens (including phenoxy) is 1. The molecule has 0 N–H and O–H groups in total. The average molecular weight is 138 g/mol. The molecule has 10 heavy (non-hydrogen) atoms. The molecule has 0 aliphatic heterocycles. The van der Waals surface area contributed by atoms with Crippen molar-refractivity contribution in [1.82, 2.24) is 0 Å². The minimum atomic E-state index is 0.473. The maximum absolute atomic E-state index is 4.69. The molecule has 0 unspecified atom stereocenters. The fraction of sp³-hybridized carbons (Fsp3) is 0.143. The van der Waals surface area contributed by atoms with Crippen LogP contribution in [0.15, 0.2) is 35.2 Å². The second kappa shape index (κ2) is 5.75. The number of methoxy groups -OCH3 is 1. The van der Waals surface area contributed by atoms with Gasteiger partial charge >= 0.3 is 0 Å². The molecule has 0 aliphatic carbocycles. The summed E-state index contributed by atoms with van der Waals surface area (Å²) in [5.74, 6) is 0.473. The Hall–Kier alpha value is -1.38. The molecule has 54 valence electrons. The van der Waals surface area contributed by atoms with Gasteiger partial charge in [-0.05, 0) is 6.08 Å². The van der Waals surface area contributed by atoms with Crippen molar-refractivity contribution in [3.63, 3.8) is 0 Å². The van der Waals surface area contributed by atoms with Crippen LogP contribution in [0.25, 0.3) is 0 Å². The lowest BCUT2D eigenvalue weighted by Crippen LogP contribution is -1.82. The van der Waals surface area contributed by atoms with Crippen LogP contribution < -0.4 is 0 Å². The first kappa shape index (κ1) is 8.62. The topological polar surface area (TPSA) is 34.0 Å². The Balaban J connectivity index is 3.65. The lowest BCUT2D eigenvalue weighted by molar-refractivity contribution is 0.319. The van der Waals surface area contributed by atoms with Gasteiger partial charge in [-0.1, -0.05) is 13.2 Å². The van der Waals surface area contributed by atoms with Gasteiger partial charge in [-0.15, -0.1) is 0 Å². The summed E-state index contributed by atoms with van der Waals surface area (Å²) >= 11 is 0. The van der Waals surface area contributed by atoms with E-state index in [9.17, 15) is 0 Å². The van der Waals surface area contributed by atoms with Crippen LogP contribution in [0.2, 0.25) is 0 Å². The SMILES string of the molecule is C=C/C=N/N=C/C(=C)OC. The molecule has 0 rings (SSSR count). The van der Waals surface area contributed by atoms with Crippen molar-refractivity contribution in [3.05, 3.63) is 25.0 Å². The molecular weight excluding hydrogens is 128 g/mol. The van der Waals surface area contributed by atoms with E-state index in [2.05, 4.69) is 28.1 Å². The number of hydrogen-bond acceptors (Lipinski definition) is 3. The fourth-order valence-electron chi connectivity index (χ4n) is 0.236. The first-order valence-corrected chi connectivity index (χ1v) is 2.71. The zero-order valence-electron chi connectivity index (χ0n) is 5.95. The lowest BCUT2D eigenvalue weighted by atomic mass is 10.6. The first-order valence-electron chi connectivity index (χ1n) is 2.71. The Morgan fingerprint density at radius 1 is 1.50 bits per heavy atom. The Kier molecular flexibility index (Phi) is 4.96. The second-order valence-electron chi connectivity index (χ2n) is 1.42. The summed E-state index contributed by atoms with van der Waals surface area (Å²) in [4.78, 5) is 0. The Morgan fingerprint density at radius 3 is 2.70 bits per heavy atom. The van der Waals surface area contributed by atoms with Gasteiger partial charge in [0.05, 0.1) is 13.3 Å². The van der Waals surface area contributed by atoms with Crippen LogP contribution in [0.5, 0.6) is 0 Å². The normalized spacial score (nSPS) is 10.5. The molecule has 0 heterocycles. The predicted molar refractivity (Wildman–Crippen MR) is 43.3 cm³/mol. The monoisotopic (exact) mass is 138 g/mol. The largest absolute Gasteiger partial charge is 0.496 e. The average Bonchev–Trinajstić information content (AvgIpc) is 1.98. The fourth-order valence-corrected chi connectivity index (χ4v) is 0.236. The summed E-state index contributed by atoms with van der Waals surface area (Å²) in [6.07, 6.45) is 4.42. The molecular formula is C7H10N2O. The van der Waals surface area contributed by atoms with Crippen molar-refractivity contribution in [2.24, 2.45) is 10.2 Å². The van der Waals surface area contributed by atoms with Crippen LogP contribution in [0.4, 0.5) is 0 Å². The van der Waals surface area contributed by atoms with Crippen molar-refractivity contribution in [1.29, 1.82) is 0 Å². The number of hydrogen-bond donors (Lipinski definition) is 0. The standard InChI is InChI=1S/C7H10N2O/c1-4-5-8-9-6-7(2)10-3/h4-6H,1-2H2,3H3/b8-5+,9-6+. The van der Waals surface area contributed by atoms with Gasteiger partial charge in [-0.25, -0.2) is 0 Å². The molecule has 0 aromatic rings. The Bertz CT molecular complexity index is 170. The van der Waals surface area contributed by atoms with Gasteiger partial charge in [0.25, 0.3) is 0 Å². The van der Waals surface area contributed by atoms with E-state index >= 15 is 0 Å². The van der Waals surface area contributed by atoms with Crippen LogP contribution in [0, 0.1) is 0 Å². The van der Waals surface area contributed by atoms with Crippen molar-refractivity contribution in [2.45, 2.75) is 0 Å². The van der Waals surface area contributed by atoms with Crippen molar-refractivity contribution < 1.29 is 4.74 Å². The Morgan fingerprint density at radius 2 is 2.20 bits per heavy atom. The summed E-state index contributed by atoms with van der Waals surface area (Å²) < 4.78 is 4.69. The maximum Gasteiger partial charge on any atom is 0.131 e. The molecule has 0 saturated carbocycles. The maximum atomic E-state index is 4.69. The summed E-state index contributed by atoms with van der Waals surface area (Å²) in [6, 6.07) is 0. The van der Waals surface area contributed by atoms with Crippen molar-refractivity contribution in [3.8, 4) is 0 Å². The molecule has 0 amide bonds. The molecule has 0 aliphatic rings. The summed E-state index contributed by atoms with van der Waals surface area (Å²) in [5.41, 5.74) is 0. The summed E-state index contributed by atoms with van der Waals surface area (Å²) in [7, 11) is 1.52. The molecule has 0 aromatic carbocycles. The van der Waals surface area contributed by atoms with Gasteiger partial charge < -0.3 is 4.74 Å². The van der Waals surface area contributed by atoms with Gasteiger partial charge in [0.2, 0.25) is 0 Å². The molecule has 0 bridgehead atoms. The third-order valence-electron chi connectivity index (χ3n) is 0.703. The molecule has 0 radical (unpaired) electrons. The van der Waals surface area contributed by atoms with Gasteiger partial charge in [-0.2, -0.15) is 10.2 Å². The number of nitrogens with zero attached hydrogens (tertiary/aromatic N) is 2. The van der Waals surface area contributed by atoms with Gasteiger partial charge in [0.15, 0.2) is 0 Å². The highest BCUT2D eigenvalue weighted by molar-refractivity contribution is 5.76. The van der Waals surface area contributed by atoms with Gasteiger partial charge in [-0.3, -0.25) is 0 Å². The van der Waals surface area contributed by atoms with E-state index in [1.165, 1.54) is 25.6 Å². The minimum absolute atomic E-state index is 0.473. The van der Waals surface area contributed by atoms with Crippen LogP contribution >= 0.6 is 0 Å². The highest BCUT2D eigenvalue weighted by atomic mass is 16.5. The number of allylic oxidation sites excluding steroid dienone is 2. The zero-order valence-corrected chi connectivity index (χ0v) is 5.95. The van der Waals surface area contributed by atoms with E-state index in [1.54, 1.807) is 0 Å². The summed E-state index contributed by atoms with van der Waals surface area (Å²) in [5, 5.41) is 7.14. The molecule has 0 fully saturated rings. The van der Waals surface area contributed by atoms with Crippen molar-refractivity contribution in [2.75, 3.05) is 7.11 Å².